The van der Waals surface area contributed by atoms with Gasteiger partial charge in [-0.3, -0.25) is 9.59 Å². The van der Waals surface area contributed by atoms with Gasteiger partial charge in [-0.15, -0.1) is 0 Å². The van der Waals surface area contributed by atoms with Crippen LogP contribution in [-0.4, -0.2) is 57.5 Å². The number of ketones is 2. The average molecular weight is 544 g/mol. The molecule has 0 saturated carbocycles. The zero-order chi connectivity index (χ0) is 29.2. The van der Waals surface area contributed by atoms with Gasteiger partial charge in [0, 0.05) is 18.2 Å². The highest BCUT2D eigenvalue weighted by atomic mass is 16.3. The van der Waals surface area contributed by atoms with E-state index in [0.29, 0.717) is 5.56 Å². The van der Waals surface area contributed by atoms with E-state index in [1.165, 1.54) is 18.2 Å². The van der Waals surface area contributed by atoms with Crippen molar-refractivity contribution in [3.63, 3.8) is 0 Å². The Morgan fingerprint density at radius 1 is 0.525 bits per heavy atom. The predicted octanol–water partition coefficient (Wildman–Crippen LogP) is 4.04. The third-order valence-corrected chi connectivity index (χ3v) is 6.47. The van der Waals surface area contributed by atoms with Gasteiger partial charge >= 0.3 is 0 Å². The van der Waals surface area contributed by atoms with Crippen molar-refractivity contribution < 1.29 is 55.5 Å². The Labute approximate surface area is 224 Å². The summed E-state index contributed by atoms with van der Waals surface area (Å²) in [4.78, 5) is 26.0. The molecule has 202 valence electrons. The number of benzene rings is 3. The number of hydrogen-bond donors (Lipinski definition) is 9. The molecule has 11 heteroatoms. The summed E-state index contributed by atoms with van der Waals surface area (Å²) in [6.45, 7) is 1.63. The lowest BCUT2D eigenvalue weighted by Gasteiger charge is -2.27. The first-order chi connectivity index (χ1) is 18.8. The van der Waals surface area contributed by atoms with Crippen molar-refractivity contribution in [2.75, 3.05) is 0 Å². The first-order valence-corrected chi connectivity index (χ1v) is 11.5. The molecule has 0 amide bonds. The Kier molecular flexibility index (Phi) is 5.72. The summed E-state index contributed by atoms with van der Waals surface area (Å²) in [5.74, 6) is -7.93. The maximum absolute atomic E-state index is 13.3. The second-order valence-electron chi connectivity index (χ2n) is 9.23. The van der Waals surface area contributed by atoms with Crippen LogP contribution >= 0.6 is 0 Å². The molecule has 0 aliphatic heterocycles. The number of rotatable bonds is 3. The number of Topliss-reactive ketones (excluding diaryl/α,β-unsaturated/α-hetero) is 1. The second-order valence-corrected chi connectivity index (χ2v) is 9.23. The van der Waals surface area contributed by atoms with Gasteiger partial charge in [0.1, 0.15) is 51.8 Å². The fourth-order valence-electron chi connectivity index (χ4n) is 4.84. The minimum absolute atomic E-state index is 0.0742. The number of phenolic OH excluding ortho intramolecular Hbond substituents is 6. The van der Waals surface area contributed by atoms with Crippen LogP contribution in [0.15, 0.2) is 77.0 Å². The van der Waals surface area contributed by atoms with Crippen LogP contribution in [0.1, 0.15) is 16.7 Å². The van der Waals surface area contributed by atoms with Crippen molar-refractivity contribution in [3.8, 4) is 45.6 Å². The molecular weight excluding hydrogens is 524 g/mol. The summed E-state index contributed by atoms with van der Waals surface area (Å²) in [6.07, 6.45) is 0.720. The Bertz CT molecular complexity index is 1780. The van der Waals surface area contributed by atoms with Crippen LogP contribution in [0.25, 0.3) is 22.3 Å². The summed E-state index contributed by atoms with van der Waals surface area (Å²) in [7, 11) is 0. The van der Waals surface area contributed by atoms with Gasteiger partial charge in [-0.05, 0) is 47.9 Å². The van der Waals surface area contributed by atoms with Crippen LogP contribution in [-0.2, 0) is 9.59 Å². The predicted molar refractivity (Wildman–Crippen MR) is 140 cm³/mol. The summed E-state index contributed by atoms with van der Waals surface area (Å²) >= 11 is 0. The molecule has 5 rings (SSSR count). The number of aliphatic hydroxyl groups is 3. The van der Waals surface area contributed by atoms with Crippen LogP contribution in [0.3, 0.4) is 0 Å². The second kappa shape index (κ2) is 8.88. The number of hydrogen-bond acceptors (Lipinski definition) is 11. The molecule has 0 heterocycles. The lowest BCUT2D eigenvalue weighted by atomic mass is 9.77. The lowest BCUT2D eigenvalue weighted by molar-refractivity contribution is -0.112. The molecule has 0 unspecified atom stereocenters. The van der Waals surface area contributed by atoms with Gasteiger partial charge in [-0.25, -0.2) is 0 Å². The first-order valence-electron chi connectivity index (χ1n) is 11.5. The molecule has 0 bridgehead atoms. The van der Waals surface area contributed by atoms with Crippen LogP contribution in [0, 0.1) is 6.92 Å². The first kappa shape index (κ1) is 25.8. The molecule has 3 aromatic rings. The molecule has 2 aliphatic carbocycles. The topological polar surface area (TPSA) is 216 Å². The van der Waals surface area contributed by atoms with E-state index < -0.39 is 85.4 Å². The van der Waals surface area contributed by atoms with Crippen molar-refractivity contribution in [1.29, 1.82) is 0 Å². The number of aromatic hydroxyl groups is 6. The fraction of sp³-hybridized carbons (Fsp3) is 0.0345. The molecule has 11 nitrogen and oxygen atoms in total. The highest BCUT2D eigenvalue weighted by Crippen LogP contribution is 2.52. The Balaban J connectivity index is 1.73. The van der Waals surface area contributed by atoms with E-state index in [1.807, 2.05) is 0 Å². The van der Waals surface area contributed by atoms with Crippen LogP contribution in [0.5, 0.6) is 34.5 Å². The molecule has 0 saturated heterocycles. The van der Waals surface area contributed by atoms with Crippen LogP contribution < -0.4 is 0 Å². The highest BCUT2D eigenvalue weighted by molar-refractivity contribution is 6.41. The zero-order valence-electron chi connectivity index (χ0n) is 20.5. The number of aliphatic hydroxyl groups excluding tert-OH is 3. The van der Waals surface area contributed by atoms with Gasteiger partial charge in [0.25, 0.3) is 0 Å². The van der Waals surface area contributed by atoms with Crippen molar-refractivity contribution >= 4 is 22.7 Å². The minimum atomic E-state index is -1.05. The van der Waals surface area contributed by atoms with E-state index in [4.69, 9.17) is 0 Å². The number of carbonyl (C=O) groups excluding carboxylic acids is 2. The molecule has 2 aliphatic rings. The molecule has 3 aromatic carbocycles. The third kappa shape index (κ3) is 3.84. The van der Waals surface area contributed by atoms with E-state index in [2.05, 4.69) is 0 Å². The Morgan fingerprint density at radius 3 is 1.68 bits per heavy atom. The van der Waals surface area contributed by atoms with Crippen molar-refractivity contribution in [1.82, 2.24) is 0 Å². The quantitative estimate of drug-likeness (QED) is 0.214. The largest absolute Gasteiger partial charge is 0.508 e. The number of allylic oxidation sites excluding steroid dienone is 4. The van der Waals surface area contributed by atoms with E-state index in [9.17, 15) is 55.5 Å². The Hall–Kier alpha value is -5.84. The molecular formula is C29H20O11. The SMILES string of the molecule is Cc1cc(O)cc(C2=C(O)/C(=C3\C(=O)C(c4c(O)cc(O)c(-c5cc(O)cc(O)c5)c4O)=C3O)C(O)=CC2=O)c1. The minimum Gasteiger partial charge on any atom is -0.508 e. The maximum atomic E-state index is 13.3. The number of carbonyl (C=O) groups is 2. The summed E-state index contributed by atoms with van der Waals surface area (Å²) < 4.78 is 0. The molecule has 0 spiro atoms. The molecule has 0 fully saturated rings. The summed E-state index contributed by atoms with van der Waals surface area (Å²) in [5, 5.41) is 93.7. The number of phenols is 6. The Morgan fingerprint density at radius 2 is 1.07 bits per heavy atom. The van der Waals surface area contributed by atoms with Crippen LogP contribution in [0.4, 0.5) is 0 Å². The third-order valence-electron chi connectivity index (χ3n) is 6.47. The molecule has 9 N–H and O–H groups in total. The van der Waals surface area contributed by atoms with Gasteiger partial charge in [-0.1, -0.05) is 6.07 Å². The maximum Gasteiger partial charge on any atom is 0.202 e. The standard InChI is InChI=1S/C29H20O11/c1-10-2-11(4-13(30)3-10)20-16(33)8-18(35)22(26(20)37)24-28(39)25(29(24)40)23-19(36)9-17(34)21(27(23)38)12-5-14(31)7-15(32)6-12/h2-9,30-32,34-39H,1H3/b24-22-. The molecule has 0 radical (unpaired) electrons. The van der Waals surface area contributed by atoms with E-state index in [1.54, 1.807) is 6.92 Å². The summed E-state index contributed by atoms with van der Waals surface area (Å²) in [5.41, 5.74) is -2.75. The van der Waals surface area contributed by atoms with Crippen LogP contribution in [0.2, 0.25) is 0 Å². The van der Waals surface area contributed by atoms with E-state index >= 15 is 0 Å². The monoisotopic (exact) mass is 544 g/mol. The van der Waals surface area contributed by atoms with E-state index in [0.717, 1.165) is 30.3 Å². The van der Waals surface area contributed by atoms with Gasteiger partial charge < -0.3 is 46.0 Å². The van der Waals surface area contributed by atoms with Gasteiger partial charge in [0.15, 0.2) is 5.78 Å². The smallest absolute Gasteiger partial charge is 0.202 e. The number of aryl methyl sites for hydroxylation is 1. The zero-order valence-corrected chi connectivity index (χ0v) is 20.5. The summed E-state index contributed by atoms with van der Waals surface area (Å²) in [6, 6.07) is 7.97. The van der Waals surface area contributed by atoms with Gasteiger partial charge in [0.2, 0.25) is 5.78 Å². The van der Waals surface area contributed by atoms with E-state index in [-0.39, 0.29) is 22.4 Å². The molecule has 40 heavy (non-hydrogen) atoms. The molecule has 0 aromatic heterocycles. The fourth-order valence-corrected chi connectivity index (χ4v) is 4.84. The lowest BCUT2D eigenvalue weighted by Crippen LogP contribution is -2.26. The van der Waals surface area contributed by atoms with Crippen molar-refractivity contribution in [2.24, 2.45) is 0 Å². The normalized spacial score (nSPS) is 17.3. The van der Waals surface area contributed by atoms with Gasteiger partial charge in [0.05, 0.1) is 33.4 Å². The molecule has 0 atom stereocenters. The van der Waals surface area contributed by atoms with Crippen molar-refractivity contribution in [3.05, 3.63) is 93.7 Å². The highest BCUT2D eigenvalue weighted by Gasteiger charge is 2.44. The van der Waals surface area contributed by atoms with Crippen molar-refractivity contribution in [2.45, 2.75) is 6.92 Å². The average Bonchev–Trinajstić information content (AvgIpc) is 2.82. The van der Waals surface area contributed by atoms with Gasteiger partial charge in [-0.2, -0.15) is 0 Å².